The molecule has 0 unspecified atom stereocenters. The highest BCUT2D eigenvalue weighted by atomic mass is 32.2. The van der Waals surface area contributed by atoms with E-state index < -0.39 is 10.0 Å². The highest BCUT2D eigenvalue weighted by Gasteiger charge is 2.29. The van der Waals surface area contributed by atoms with E-state index in [2.05, 4.69) is 55.9 Å². The van der Waals surface area contributed by atoms with Gasteiger partial charge in [-0.3, -0.25) is 9.58 Å². The number of aromatic nitrogens is 4. The van der Waals surface area contributed by atoms with Gasteiger partial charge in [0.1, 0.15) is 11.0 Å². The van der Waals surface area contributed by atoms with Crippen LogP contribution in [0.2, 0.25) is 0 Å². The average molecular weight is 533 g/mol. The van der Waals surface area contributed by atoms with E-state index in [1.807, 2.05) is 32.0 Å². The molecule has 1 fully saturated rings. The van der Waals surface area contributed by atoms with Crippen LogP contribution in [0, 0.1) is 20.8 Å². The molecule has 3 heterocycles. The Bertz CT molecular complexity index is 1520. The maximum absolute atomic E-state index is 13.0. The van der Waals surface area contributed by atoms with E-state index in [9.17, 15) is 8.42 Å². The standard InChI is InChI=1S/C28H32N6O3S/c1-19-8-10-22(11-9-19)12-13-34-16-23(17-34)37-26-14-25(27-20(2)6-5-7-21(27)3)30-28(31-26)32-38(35,36)24-15-29-33(4)18-24/h5-11,14-15,18,23H,12-13,16-17H2,1-4H3,(H,30,31,32). The van der Waals surface area contributed by atoms with Gasteiger partial charge in [0.05, 0.1) is 11.9 Å². The summed E-state index contributed by atoms with van der Waals surface area (Å²) >= 11 is 0. The highest BCUT2D eigenvalue weighted by Crippen LogP contribution is 2.30. The minimum Gasteiger partial charge on any atom is -0.471 e. The Morgan fingerprint density at radius 2 is 1.74 bits per heavy atom. The summed E-state index contributed by atoms with van der Waals surface area (Å²) in [5.41, 5.74) is 6.17. The molecule has 0 bridgehead atoms. The van der Waals surface area contributed by atoms with Crippen LogP contribution in [0.5, 0.6) is 5.88 Å². The number of nitrogens with zero attached hydrogens (tertiary/aromatic N) is 5. The molecule has 0 atom stereocenters. The highest BCUT2D eigenvalue weighted by molar-refractivity contribution is 7.92. The predicted octanol–water partition coefficient (Wildman–Crippen LogP) is 3.91. The number of nitrogens with one attached hydrogen (secondary N) is 1. The van der Waals surface area contributed by atoms with Gasteiger partial charge in [-0.2, -0.15) is 10.1 Å². The van der Waals surface area contributed by atoms with Gasteiger partial charge in [-0.25, -0.2) is 18.1 Å². The summed E-state index contributed by atoms with van der Waals surface area (Å²) in [6.07, 6.45) is 3.66. The zero-order valence-electron chi connectivity index (χ0n) is 22.0. The van der Waals surface area contributed by atoms with Gasteiger partial charge in [-0.1, -0.05) is 48.0 Å². The largest absolute Gasteiger partial charge is 0.471 e. The smallest absolute Gasteiger partial charge is 0.267 e. The van der Waals surface area contributed by atoms with Crippen LogP contribution in [0.15, 0.2) is 65.8 Å². The van der Waals surface area contributed by atoms with E-state index in [4.69, 9.17) is 4.74 Å². The van der Waals surface area contributed by atoms with Crippen molar-refractivity contribution >= 4 is 16.0 Å². The molecule has 5 rings (SSSR count). The normalized spacial score (nSPS) is 14.3. The van der Waals surface area contributed by atoms with Gasteiger partial charge < -0.3 is 4.74 Å². The topological polar surface area (TPSA) is 102 Å². The van der Waals surface area contributed by atoms with Crippen LogP contribution in [-0.4, -0.2) is 58.8 Å². The van der Waals surface area contributed by atoms with Gasteiger partial charge in [-0.15, -0.1) is 0 Å². The summed E-state index contributed by atoms with van der Waals surface area (Å²) < 4.78 is 36.1. The minimum absolute atomic E-state index is 0.0310. The van der Waals surface area contributed by atoms with Crippen molar-refractivity contribution in [3.05, 3.63) is 83.2 Å². The Labute approximate surface area is 223 Å². The fourth-order valence-electron chi connectivity index (χ4n) is 4.59. The number of sulfonamides is 1. The molecular weight excluding hydrogens is 500 g/mol. The molecule has 9 nitrogen and oxygen atoms in total. The lowest BCUT2D eigenvalue weighted by Gasteiger charge is -2.38. The number of anilines is 1. The average Bonchev–Trinajstić information content (AvgIpc) is 3.28. The first-order valence-electron chi connectivity index (χ1n) is 12.6. The molecule has 38 heavy (non-hydrogen) atoms. The van der Waals surface area contributed by atoms with E-state index in [0.29, 0.717) is 11.6 Å². The van der Waals surface area contributed by atoms with Crippen LogP contribution in [0.4, 0.5) is 5.95 Å². The second-order valence-electron chi connectivity index (χ2n) is 9.87. The van der Waals surface area contributed by atoms with Crippen molar-refractivity contribution < 1.29 is 13.2 Å². The Hall–Kier alpha value is -3.76. The molecule has 4 aromatic rings. The number of hydrogen-bond donors (Lipinski definition) is 1. The molecule has 0 aliphatic carbocycles. The van der Waals surface area contributed by atoms with Gasteiger partial charge in [0, 0.05) is 44.5 Å². The molecule has 2 aromatic heterocycles. The van der Waals surface area contributed by atoms with Crippen molar-refractivity contribution in [3.63, 3.8) is 0 Å². The maximum Gasteiger partial charge on any atom is 0.267 e. The van der Waals surface area contributed by atoms with Crippen molar-refractivity contribution in [2.75, 3.05) is 24.4 Å². The lowest BCUT2D eigenvalue weighted by molar-refractivity contribution is 0.0181. The first-order valence-corrected chi connectivity index (χ1v) is 14.1. The first kappa shape index (κ1) is 25.9. The summed E-state index contributed by atoms with van der Waals surface area (Å²) in [4.78, 5) is 11.3. The van der Waals surface area contributed by atoms with Crippen LogP contribution < -0.4 is 9.46 Å². The van der Waals surface area contributed by atoms with Gasteiger partial charge in [0.2, 0.25) is 11.8 Å². The Kier molecular flexibility index (Phi) is 7.18. The molecule has 0 amide bonds. The second-order valence-corrected chi connectivity index (χ2v) is 11.6. The van der Waals surface area contributed by atoms with Crippen LogP contribution in [-0.2, 0) is 23.5 Å². The van der Waals surface area contributed by atoms with Crippen molar-refractivity contribution in [2.45, 2.75) is 38.2 Å². The summed E-state index contributed by atoms with van der Waals surface area (Å²) in [5, 5.41) is 3.96. The van der Waals surface area contributed by atoms with Gasteiger partial charge in [0.15, 0.2) is 0 Å². The van der Waals surface area contributed by atoms with Gasteiger partial charge in [-0.05, 0) is 43.9 Å². The van der Waals surface area contributed by atoms with Gasteiger partial charge >= 0.3 is 0 Å². The van der Waals surface area contributed by atoms with Crippen molar-refractivity contribution in [3.8, 4) is 17.1 Å². The van der Waals surface area contributed by atoms with Crippen molar-refractivity contribution in [2.24, 2.45) is 7.05 Å². The number of ether oxygens (including phenoxy) is 1. The summed E-state index contributed by atoms with van der Waals surface area (Å²) in [6, 6.07) is 16.4. The molecule has 0 spiro atoms. The zero-order chi connectivity index (χ0) is 26.9. The van der Waals surface area contributed by atoms with Crippen LogP contribution in [0.25, 0.3) is 11.3 Å². The lowest BCUT2D eigenvalue weighted by Crippen LogP contribution is -2.54. The number of rotatable bonds is 9. The summed E-state index contributed by atoms with van der Waals surface area (Å²) in [5.74, 6) is 0.296. The molecule has 198 valence electrons. The molecule has 1 N–H and O–H groups in total. The Balaban J connectivity index is 1.33. The van der Waals surface area contributed by atoms with E-state index in [1.54, 1.807) is 13.1 Å². The minimum atomic E-state index is -3.92. The monoisotopic (exact) mass is 532 g/mol. The number of likely N-dealkylation sites (tertiary alicyclic amines) is 1. The second kappa shape index (κ2) is 10.5. The Morgan fingerprint density at radius 1 is 1.03 bits per heavy atom. The molecule has 2 aromatic carbocycles. The van der Waals surface area contributed by atoms with E-state index in [-0.39, 0.29) is 16.9 Å². The molecule has 1 aliphatic rings. The molecule has 1 aliphatic heterocycles. The number of benzene rings is 2. The predicted molar refractivity (Wildman–Crippen MR) is 147 cm³/mol. The molecule has 1 saturated heterocycles. The SMILES string of the molecule is Cc1ccc(CCN2CC(Oc3cc(-c4c(C)cccc4C)nc(NS(=O)(=O)c4cnn(C)c4)n3)C2)cc1. The quantitative estimate of drug-likeness (QED) is 0.349. The van der Waals surface area contributed by atoms with E-state index >= 15 is 0 Å². The molecular formula is C28H32N6O3S. The van der Waals surface area contributed by atoms with Crippen LogP contribution >= 0.6 is 0 Å². The maximum atomic E-state index is 13.0. The van der Waals surface area contributed by atoms with E-state index in [1.165, 1.54) is 28.2 Å². The van der Waals surface area contributed by atoms with Crippen molar-refractivity contribution in [1.82, 2.24) is 24.6 Å². The first-order chi connectivity index (χ1) is 18.2. The third kappa shape index (κ3) is 5.87. The van der Waals surface area contributed by atoms with E-state index in [0.717, 1.165) is 42.7 Å². The van der Waals surface area contributed by atoms with Crippen LogP contribution in [0.1, 0.15) is 22.3 Å². The molecule has 10 heteroatoms. The lowest BCUT2D eigenvalue weighted by atomic mass is 10.00. The Morgan fingerprint density at radius 3 is 2.39 bits per heavy atom. The fourth-order valence-corrected chi connectivity index (χ4v) is 5.51. The fraction of sp³-hybridized carbons (Fsp3) is 0.321. The summed E-state index contributed by atoms with van der Waals surface area (Å²) in [7, 11) is -2.26. The van der Waals surface area contributed by atoms with Crippen LogP contribution in [0.3, 0.4) is 0 Å². The third-order valence-corrected chi connectivity index (χ3v) is 7.99. The summed E-state index contributed by atoms with van der Waals surface area (Å²) in [6.45, 7) is 8.62. The number of aryl methyl sites for hydroxylation is 4. The molecule has 0 saturated carbocycles. The number of hydrogen-bond acceptors (Lipinski definition) is 7. The third-order valence-electron chi connectivity index (χ3n) is 6.71. The van der Waals surface area contributed by atoms with Gasteiger partial charge in [0.25, 0.3) is 10.0 Å². The molecule has 0 radical (unpaired) electrons. The van der Waals surface area contributed by atoms with Crippen molar-refractivity contribution in [1.29, 1.82) is 0 Å². The zero-order valence-corrected chi connectivity index (χ0v) is 22.9.